The highest BCUT2D eigenvalue weighted by molar-refractivity contribution is 6.33. The molecule has 5 heteroatoms. The average Bonchev–Trinajstić information content (AvgIpc) is 1.99. The van der Waals surface area contributed by atoms with Crippen LogP contribution < -0.4 is 0 Å². The van der Waals surface area contributed by atoms with Crippen LogP contribution in [-0.2, 0) is 4.79 Å². The normalized spacial score (nSPS) is 34.6. The van der Waals surface area contributed by atoms with E-state index in [0.717, 1.165) is 6.08 Å². The van der Waals surface area contributed by atoms with E-state index >= 15 is 0 Å². The van der Waals surface area contributed by atoms with E-state index in [4.69, 9.17) is 21.8 Å². The third-order valence-corrected chi connectivity index (χ3v) is 2.07. The van der Waals surface area contributed by atoms with Gasteiger partial charge in [0.25, 0.3) is 0 Å². The quantitative estimate of drug-likeness (QED) is 0.538. The SMILES string of the molecule is O=C(O)[C@]1(O)C(Cl)=CC=C[C@@H]1O. The highest BCUT2D eigenvalue weighted by atomic mass is 35.5. The molecule has 0 amide bonds. The van der Waals surface area contributed by atoms with Crippen molar-refractivity contribution in [3.8, 4) is 0 Å². The third kappa shape index (κ3) is 1.14. The summed E-state index contributed by atoms with van der Waals surface area (Å²) < 4.78 is 0. The van der Waals surface area contributed by atoms with Crippen LogP contribution in [0, 0.1) is 0 Å². The Bertz CT molecular complexity index is 271. The molecule has 0 aromatic carbocycles. The lowest BCUT2D eigenvalue weighted by Crippen LogP contribution is -2.50. The smallest absolute Gasteiger partial charge is 0.344 e. The average molecular weight is 191 g/mol. The minimum absolute atomic E-state index is 0.301. The first-order valence-corrected chi connectivity index (χ1v) is 3.55. The summed E-state index contributed by atoms with van der Waals surface area (Å²) in [6, 6.07) is 0. The molecule has 0 fully saturated rings. The number of allylic oxidation sites excluding steroid dienone is 2. The lowest BCUT2D eigenvalue weighted by atomic mass is 9.92. The zero-order valence-corrected chi connectivity index (χ0v) is 6.69. The molecule has 0 unspecified atom stereocenters. The number of aliphatic carboxylic acids is 1. The van der Waals surface area contributed by atoms with E-state index in [2.05, 4.69) is 0 Å². The van der Waals surface area contributed by atoms with Crippen LogP contribution in [0.1, 0.15) is 0 Å². The lowest BCUT2D eigenvalue weighted by molar-refractivity contribution is -0.161. The van der Waals surface area contributed by atoms with Crippen molar-refractivity contribution in [2.45, 2.75) is 11.7 Å². The van der Waals surface area contributed by atoms with Crippen LogP contribution in [0.4, 0.5) is 0 Å². The van der Waals surface area contributed by atoms with Crippen LogP contribution in [0.15, 0.2) is 23.3 Å². The Morgan fingerprint density at radius 1 is 1.67 bits per heavy atom. The summed E-state index contributed by atoms with van der Waals surface area (Å²) in [4.78, 5) is 10.5. The molecule has 2 atom stereocenters. The summed E-state index contributed by atoms with van der Waals surface area (Å²) in [5.74, 6) is -1.57. The van der Waals surface area contributed by atoms with Crippen LogP contribution in [-0.4, -0.2) is 33.0 Å². The van der Waals surface area contributed by atoms with Gasteiger partial charge in [-0.3, -0.25) is 0 Å². The van der Waals surface area contributed by atoms with Gasteiger partial charge in [-0.25, -0.2) is 4.79 Å². The number of rotatable bonds is 1. The summed E-state index contributed by atoms with van der Waals surface area (Å²) in [5.41, 5.74) is -2.39. The molecule has 0 aromatic rings. The summed E-state index contributed by atoms with van der Waals surface area (Å²) in [6.45, 7) is 0. The van der Waals surface area contributed by atoms with Crippen molar-refractivity contribution in [3.05, 3.63) is 23.3 Å². The van der Waals surface area contributed by atoms with Gasteiger partial charge in [-0.05, 0) is 6.08 Å². The molecule has 0 spiro atoms. The molecule has 66 valence electrons. The Hall–Kier alpha value is -0.840. The summed E-state index contributed by atoms with van der Waals surface area (Å²) in [7, 11) is 0. The first-order valence-electron chi connectivity index (χ1n) is 3.18. The van der Waals surface area contributed by atoms with Crippen molar-refractivity contribution in [2.24, 2.45) is 0 Å². The summed E-state index contributed by atoms with van der Waals surface area (Å²) in [5, 5.41) is 26.8. The molecule has 0 aromatic heterocycles. The maximum absolute atomic E-state index is 10.5. The van der Waals surface area contributed by atoms with E-state index in [0.29, 0.717) is 0 Å². The van der Waals surface area contributed by atoms with Gasteiger partial charge in [0.15, 0.2) is 0 Å². The molecule has 12 heavy (non-hydrogen) atoms. The molecule has 4 nitrogen and oxygen atoms in total. The van der Waals surface area contributed by atoms with Crippen LogP contribution in [0.2, 0.25) is 0 Å². The van der Waals surface area contributed by atoms with E-state index in [1.807, 2.05) is 0 Å². The number of hydrogen-bond acceptors (Lipinski definition) is 3. The fraction of sp³-hybridized carbons (Fsp3) is 0.286. The minimum atomic E-state index is -2.39. The Kier molecular flexibility index (Phi) is 2.23. The number of hydrogen-bond donors (Lipinski definition) is 3. The minimum Gasteiger partial charge on any atom is -0.479 e. The van der Waals surface area contributed by atoms with Gasteiger partial charge >= 0.3 is 5.97 Å². The predicted molar refractivity (Wildman–Crippen MR) is 41.7 cm³/mol. The standard InChI is InChI=1S/C7H7ClO4/c8-4-2-1-3-5(9)7(4,12)6(10)11/h1-3,5,9,12H,(H,10,11)/t5-,7-/m0/s1. The Labute approximate surface area is 73.4 Å². The van der Waals surface area contributed by atoms with Crippen molar-refractivity contribution < 1.29 is 20.1 Å². The van der Waals surface area contributed by atoms with E-state index in [9.17, 15) is 9.90 Å². The highest BCUT2D eigenvalue weighted by Crippen LogP contribution is 2.29. The number of carboxylic acids is 1. The Morgan fingerprint density at radius 2 is 2.25 bits per heavy atom. The highest BCUT2D eigenvalue weighted by Gasteiger charge is 2.46. The fourth-order valence-corrected chi connectivity index (χ4v) is 1.15. The van der Waals surface area contributed by atoms with E-state index in [-0.39, 0.29) is 5.03 Å². The van der Waals surface area contributed by atoms with Crippen LogP contribution in [0.5, 0.6) is 0 Å². The summed E-state index contributed by atoms with van der Waals surface area (Å²) in [6.07, 6.45) is 2.25. The number of halogens is 1. The number of aliphatic hydroxyl groups is 2. The largest absolute Gasteiger partial charge is 0.479 e. The van der Waals surface area contributed by atoms with Gasteiger partial charge < -0.3 is 15.3 Å². The van der Waals surface area contributed by atoms with E-state index < -0.39 is 17.7 Å². The first-order chi connectivity index (χ1) is 5.49. The van der Waals surface area contributed by atoms with Crippen molar-refractivity contribution in [3.63, 3.8) is 0 Å². The molecule has 0 saturated heterocycles. The Balaban J connectivity index is 3.10. The van der Waals surface area contributed by atoms with Gasteiger partial charge in [-0.2, -0.15) is 0 Å². The molecular formula is C7H7ClO4. The number of carbonyl (C=O) groups is 1. The molecule has 3 N–H and O–H groups in total. The lowest BCUT2D eigenvalue weighted by Gasteiger charge is -2.28. The zero-order chi connectivity index (χ0) is 9.35. The van der Waals surface area contributed by atoms with Gasteiger partial charge in [-0.1, -0.05) is 23.8 Å². The van der Waals surface area contributed by atoms with E-state index in [1.165, 1.54) is 12.2 Å². The predicted octanol–water partition coefficient (Wildman–Crippen LogP) is -0.144. The van der Waals surface area contributed by atoms with Gasteiger partial charge in [0.2, 0.25) is 5.60 Å². The van der Waals surface area contributed by atoms with Crippen molar-refractivity contribution in [2.75, 3.05) is 0 Å². The fourth-order valence-electron chi connectivity index (χ4n) is 0.882. The van der Waals surface area contributed by atoms with Crippen molar-refractivity contribution >= 4 is 17.6 Å². The maximum atomic E-state index is 10.5. The van der Waals surface area contributed by atoms with Crippen LogP contribution in [0.25, 0.3) is 0 Å². The molecule has 1 aliphatic rings. The molecule has 0 bridgehead atoms. The number of aliphatic hydroxyl groups excluding tert-OH is 1. The molecular weight excluding hydrogens is 184 g/mol. The molecule has 1 rings (SSSR count). The molecule has 0 heterocycles. The second-order valence-corrected chi connectivity index (χ2v) is 2.82. The van der Waals surface area contributed by atoms with Crippen LogP contribution >= 0.6 is 11.6 Å². The second kappa shape index (κ2) is 2.90. The monoisotopic (exact) mass is 190 g/mol. The zero-order valence-electron chi connectivity index (χ0n) is 5.94. The molecule has 1 aliphatic carbocycles. The molecule has 0 radical (unpaired) electrons. The third-order valence-electron chi connectivity index (χ3n) is 1.65. The van der Waals surface area contributed by atoms with Crippen LogP contribution in [0.3, 0.4) is 0 Å². The molecule has 0 aliphatic heterocycles. The number of carboxylic acid groups (broad SMARTS) is 1. The maximum Gasteiger partial charge on any atom is 0.344 e. The van der Waals surface area contributed by atoms with Gasteiger partial charge in [0.05, 0.1) is 5.03 Å². The Morgan fingerprint density at radius 3 is 2.58 bits per heavy atom. The first kappa shape index (κ1) is 9.25. The second-order valence-electron chi connectivity index (χ2n) is 2.42. The van der Waals surface area contributed by atoms with Gasteiger partial charge in [-0.15, -0.1) is 0 Å². The van der Waals surface area contributed by atoms with Crippen molar-refractivity contribution in [1.29, 1.82) is 0 Å². The topological polar surface area (TPSA) is 77.8 Å². The van der Waals surface area contributed by atoms with Gasteiger partial charge in [0, 0.05) is 0 Å². The molecule has 0 saturated carbocycles. The van der Waals surface area contributed by atoms with Crippen molar-refractivity contribution in [1.82, 2.24) is 0 Å². The summed E-state index contributed by atoms with van der Waals surface area (Å²) >= 11 is 5.43. The van der Waals surface area contributed by atoms with Gasteiger partial charge in [0.1, 0.15) is 6.10 Å². The van der Waals surface area contributed by atoms with E-state index in [1.54, 1.807) is 0 Å².